The molecular weight excluding hydrogens is 736 g/mol. The molecule has 1 spiro atoms. The van der Waals surface area contributed by atoms with E-state index < -0.39 is 84.3 Å². The molecule has 0 radical (unpaired) electrons. The summed E-state index contributed by atoms with van der Waals surface area (Å²) in [6, 6.07) is 1.77. The van der Waals surface area contributed by atoms with Crippen LogP contribution in [0.3, 0.4) is 0 Å². The number of rotatable bonds is 14. The van der Waals surface area contributed by atoms with Gasteiger partial charge in [-0.2, -0.15) is 0 Å². The predicted octanol–water partition coefficient (Wildman–Crippen LogP) is 0.413. The summed E-state index contributed by atoms with van der Waals surface area (Å²) in [5.41, 5.74) is -0.952. The van der Waals surface area contributed by atoms with Crippen molar-refractivity contribution in [2.24, 2.45) is 0 Å². The molecule has 2 amide bonds. The second-order valence-corrected chi connectivity index (χ2v) is 14.6. The summed E-state index contributed by atoms with van der Waals surface area (Å²) in [6.07, 6.45) is -5.23. The first kappa shape index (κ1) is 44.1. The minimum Gasteiger partial charge on any atom is -0.467 e. The molecule has 3 heterocycles. The van der Waals surface area contributed by atoms with Gasteiger partial charge in [0, 0.05) is 72.7 Å². The van der Waals surface area contributed by atoms with Crippen molar-refractivity contribution in [2.75, 3.05) is 53.0 Å². The molecule has 3 N–H and O–H groups in total. The van der Waals surface area contributed by atoms with Gasteiger partial charge in [0.05, 0.1) is 38.4 Å². The number of benzene rings is 1. The number of carbonyl (C=O) groups is 7. The van der Waals surface area contributed by atoms with E-state index in [0.29, 0.717) is 49.7 Å². The van der Waals surface area contributed by atoms with Gasteiger partial charge in [-0.15, -0.1) is 0 Å². The van der Waals surface area contributed by atoms with Crippen LogP contribution in [0, 0.1) is 13.8 Å². The van der Waals surface area contributed by atoms with Gasteiger partial charge in [0.2, 0.25) is 5.91 Å². The topological polar surface area (TPSA) is 223 Å². The van der Waals surface area contributed by atoms with Gasteiger partial charge in [0.15, 0.2) is 17.8 Å². The fourth-order valence-electron chi connectivity index (χ4n) is 7.85. The van der Waals surface area contributed by atoms with E-state index in [1.54, 1.807) is 13.8 Å². The number of carbonyl (C=O) groups excluding carboxylic acids is 7. The number of nitrogens with zero attached hydrogens (tertiary/aromatic N) is 1. The molecule has 0 unspecified atom stereocenters. The third-order valence-corrected chi connectivity index (χ3v) is 10.2. The Hall–Kier alpha value is -4.65. The van der Waals surface area contributed by atoms with Gasteiger partial charge >= 0.3 is 29.8 Å². The summed E-state index contributed by atoms with van der Waals surface area (Å²) in [5.74, 6) is -4.61. The minimum absolute atomic E-state index is 0.0201. The zero-order valence-electron chi connectivity index (χ0n) is 33.3. The molecule has 4 rings (SSSR count). The van der Waals surface area contributed by atoms with E-state index in [1.807, 2.05) is 0 Å². The summed E-state index contributed by atoms with van der Waals surface area (Å²) in [7, 11) is 1.18. The highest BCUT2D eigenvalue weighted by Crippen LogP contribution is 2.39. The summed E-state index contributed by atoms with van der Waals surface area (Å²) >= 11 is 0. The first-order chi connectivity index (χ1) is 26.4. The molecule has 310 valence electrons. The molecule has 3 aliphatic rings. The molecule has 3 fully saturated rings. The largest absolute Gasteiger partial charge is 0.467 e. The van der Waals surface area contributed by atoms with Crippen molar-refractivity contribution >= 4 is 41.7 Å². The van der Waals surface area contributed by atoms with E-state index >= 15 is 0 Å². The van der Waals surface area contributed by atoms with Gasteiger partial charge in [0.1, 0.15) is 18.0 Å². The minimum atomic E-state index is -1.83. The Morgan fingerprint density at radius 3 is 2.20 bits per heavy atom. The van der Waals surface area contributed by atoms with E-state index in [0.717, 1.165) is 26.8 Å². The maximum atomic E-state index is 14.0. The van der Waals surface area contributed by atoms with Crippen LogP contribution in [0.25, 0.3) is 0 Å². The zero-order valence-corrected chi connectivity index (χ0v) is 33.3. The van der Waals surface area contributed by atoms with Gasteiger partial charge in [-0.05, 0) is 50.1 Å². The Labute approximate surface area is 325 Å². The van der Waals surface area contributed by atoms with Crippen LogP contribution in [0.15, 0.2) is 12.1 Å². The van der Waals surface area contributed by atoms with E-state index in [-0.39, 0.29) is 23.9 Å². The molecule has 0 aromatic heterocycles. The van der Waals surface area contributed by atoms with Crippen molar-refractivity contribution in [1.82, 2.24) is 20.9 Å². The van der Waals surface area contributed by atoms with Crippen molar-refractivity contribution in [3.8, 4) is 5.75 Å². The summed E-state index contributed by atoms with van der Waals surface area (Å²) in [5, 5.41) is 8.81. The van der Waals surface area contributed by atoms with Gasteiger partial charge in [-0.1, -0.05) is 0 Å². The zero-order chi connectivity index (χ0) is 41.4. The van der Waals surface area contributed by atoms with Crippen molar-refractivity contribution in [1.29, 1.82) is 0 Å². The maximum Gasteiger partial charge on any atom is 0.338 e. The smallest absolute Gasteiger partial charge is 0.338 e. The average molecular weight is 791 g/mol. The Morgan fingerprint density at radius 2 is 1.64 bits per heavy atom. The molecule has 3 saturated heterocycles. The number of nitrogens with one attached hydrogen (secondary N) is 3. The van der Waals surface area contributed by atoms with Crippen LogP contribution in [0.2, 0.25) is 0 Å². The molecule has 1 aromatic carbocycles. The van der Waals surface area contributed by atoms with E-state index in [4.69, 9.17) is 33.2 Å². The van der Waals surface area contributed by atoms with Gasteiger partial charge in [0.25, 0.3) is 5.91 Å². The van der Waals surface area contributed by atoms with Crippen molar-refractivity contribution in [3.63, 3.8) is 0 Å². The maximum absolute atomic E-state index is 14.0. The third-order valence-electron chi connectivity index (χ3n) is 10.2. The van der Waals surface area contributed by atoms with Crippen LogP contribution in [0.1, 0.15) is 75.4 Å². The van der Waals surface area contributed by atoms with E-state index in [1.165, 1.54) is 40.0 Å². The normalized spacial score (nSPS) is 26.0. The second kappa shape index (κ2) is 19.0. The Kier molecular flexibility index (Phi) is 14.9. The standard InChI is InChI=1S/C38H54N4O14/c1-21-15-28(16-22(2)32(21)54-26(6)46)35(48)40-18-30(53-25(5)45)33(55-27(7)47)34-31(41-23(3)43)29(52-24(4)44)17-38(56-34,36(49)50-8)10-12-42-13-14-51-20-37(42)9-11-39-19-37/h15-16,29-31,33-34,39H,9-14,17-20H2,1-8H3,(H,40,48)(H,41,43)/t29-,30+,31+,33+,34+,37-,38+/m0/s1. The Morgan fingerprint density at radius 1 is 0.964 bits per heavy atom. The molecule has 3 aliphatic heterocycles. The lowest BCUT2D eigenvalue weighted by atomic mass is 9.81. The highest BCUT2D eigenvalue weighted by Gasteiger charge is 2.58. The summed E-state index contributed by atoms with van der Waals surface area (Å²) in [4.78, 5) is 92.1. The number of ether oxygens (including phenoxy) is 7. The third kappa shape index (κ3) is 10.8. The number of methoxy groups -OCH3 is 1. The first-order valence-electron chi connectivity index (χ1n) is 18.6. The van der Waals surface area contributed by atoms with Crippen LogP contribution in [-0.4, -0.2) is 141 Å². The molecule has 7 atom stereocenters. The monoisotopic (exact) mass is 790 g/mol. The fraction of sp³-hybridized carbons (Fsp3) is 0.658. The quantitative estimate of drug-likeness (QED) is 0.132. The molecule has 56 heavy (non-hydrogen) atoms. The molecule has 0 saturated carbocycles. The lowest BCUT2D eigenvalue weighted by molar-refractivity contribution is -0.242. The first-order valence-corrected chi connectivity index (χ1v) is 18.6. The highest BCUT2D eigenvalue weighted by atomic mass is 16.6. The van der Waals surface area contributed by atoms with Crippen LogP contribution in [0.5, 0.6) is 5.75 Å². The molecule has 18 heteroatoms. The second-order valence-electron chi connectivity index (χ2n) is 14.6. The average Bonchev–Trinajstić information content (AvgIpc) is 3.58. The Bertz CT molecular complexity index is 1640. The number of aryl methyl sites for hydroxylation is 2. The van der Waals surface area contributed by atoms with Gasteiger partial charge < -0.3 is 49.1 Å². The summed E-state index contributed by atoms with van der Waals surface area (Å²) < 4.78 is 40.4. The van der Waals surface area contributed by atoms with Crippen molar-refractivity contribution in [3.05, 3.63) is 28.8 Å². The van der Waals surface area contributed by atoms with Crippen molar-refractivity contribution < 1.29 is 66.7 Å². The predicted molar refractivity (Wildman–Crippen MR) is 195 cm³/mol. The summed E-state index contributed by atoms with van der Waals surface area (Å²) in [6.45, 7) is 12.1. The molecule has 0 bridgehead atoms. The van der Waals surface area contributed by atoms with Gasteiger partial charge in [-0.3, -0.25) is 33.7 Å². The molecular formula is C38H54N4O14. The highest BCUT2D eigenvalue weighted by molar-refractivity contribution is 5.95. The molecule has 1 aromatic rings. The van der Waals surface area contributed by atoms with Crippen LogP contribution >= 0.6 is 0 Å². The van der Waals surface area contributed by atoms with Crippen LogP contribution in [0.4, 0.5) is 0 Å². The SMILES string of the molecule is COC(=O)[C@@]1(CCN2CCOC[C@@]23CCNC3)C[C@H](OC(C)=O)[C@@H](NC(C)=O)[C@H]([C@H](OC(C)=O)[C@@H](CNC(=O)c2cc(C)c(OC(C)=O)c(C)c2)OC(C)=O)O1. The number of hydrogen-bond donors (Lipinski definition) is 3. The fourth-order valence-corrected chi connectivity index (χ4v) is 7.85. The van der Waals surface area contributed by atoms with Crippen LogP contribution < -0.4 is 20.7 Å². The lowest BCUT2D eigenvalue weighted by Crippen LogP contribution is -2.69. The van der Waals surface area contributed by atoms with Crippen LogP contribution in [-0.2, 0) is 57.2 Å². The molecule has 18 nitrogen and oxygen atoms in total. The van der Waals surface area contributed by atoms with Gasteiger partial charge in [-0.25, -0.2) is 4.79 Å². The van der Waals surface area contributed by atoms with Crippen molar-refractivity contribution in [2.45, 2.75) is 109 Å². The Balaban J connectivity index is 1.76. The number of morpholine rings is 1. The number of hydrogen-bond acceptors (Lipinski definition) is 16. The molecule has 0 aliphatic carbocycles. The van der Waals surface area contributed by atoms with E-state index in [9.17, 15) is 33.6 Å². The number of amides is 2. The lowest BCUT2D eigenvalue weighted by Gasteiger charge is -2.50. The number of esters is 5. The van der Waals surface area contributed by atoms with E-state index in [2.05, 4.69) is 20.9 Å².